The Hall–Kier alpha value is -3.12. The van der Waals surface area contributed by atoms with Gasteiger partial charge in [-0.3, -0.25) is 4.99 Å². The van der Waals surface area contributed by atoms with Crippen LogP contribution >= 0.6 is 0 Å². The zero-order chi connectivity index (χ0) is 20.3. The van der Waals surface area contributed by atoms with E-state index in [1.54, 1.807) is 0 Å². The molecule has 3 aromatic rings. The first-order chi connectivity index (χ1) is 14.3. The Kier molecular flexibility index (Phi) is 7.83. The van der Waals surface area contributed by atoms with Crippen molar-refractivity contribution in [1.29, 1.82) is 0 Å². The summed E-state index contributed by atoms with van der Waals surface area (Å²) in [6, 6.07) is 20.1. The first-order valence-corrected chi connectivity index (χ1v) is 10.1. The average molecular weight is 392 g/mol. The van der Waals surface area contributed by atoms with Gasteiger partial charge in [-0.05, 0) is 36.6 Å². The Balaban J connectivity index is 1.54. The molecule has 0 aliphatic rings. The molecule has 152 valence electrons. The summed E-state index contributed by atoms with van der Waals surface area (Å²) in [5.74, 6) is 0.757. The van der Waals surface area contributed by atoms with Crippen molar-refractivity contribution in [2.45, 2.75) is 19.3 Å². The Morgan fingerprint density at radius 1 is 1.07 bits per heavy atom. The molecule has 0 saturated heterocycles. The smallest absolute Gasteiger partial charge is 0.191 e. The van der Waals surface area contributed by atoms with Crippen LogP contribution in [0.15, 0.2) is 78.0 Å². The fraction of sp³-hybridized carbons (Fsp3) is 0.304. The van der Waals surface area contributed by atoms with Gasteiger partial charge in [-0.1, -0.05) is 48.5 Å². The van der Waals surface area contributed by atoms with Gasteiger partial charge in [0.05, 0.1) is 25.0 Å². The van der Waals surface area contributed by atoms with Crippen molar-refractivity contribution < 1.29 is 5.11 Å². The largest absolute Gasteiger partial charge is 0.396 e. The van der Waals surface area contributed by atoms with E-state index in [2.05, 4.69) is 26.9 Å². The van der Waals surface area contributed by atoms with Crippen LogP contribution in [0.4, 0.5) is 0 Å². The number of aliphatic imine (C=N–C) groups is 1. The maximum Gasteiger partial charge on any atom is 0.191 e. The van der Waals surface area contributed by atoms with Gasteiger partial charge >= 0.3 is 0 Å². The molecule has 6 heteroatoms. The van der Waals surface area contributed by atoms with E-state index in [0.717, 1.165) is 42.3 Å². The maximum absolute atomic E-state index is 9.72. The molecule has 0 saturated carbocycles. The third-order valence-corrected chi connectivity index (χ3v) is 4.67. The molecule has 0 radical (unpaired) electrons. The number of aliphatic hydroxyl groups is 1. The number of aromatic nitrogens is 2. The normalized spacial score (nSPS) is 12.6. The molecule has 1 aromatic heterocycles. The monoisotopic (exact) mass is 391 g/mol. The summed E-state index contributed by atoms with van der Waals surface area (Å²) < 4.78 is 1.89. The van der Waals surface area contributed by atoms with Crippen LogP contribution in [-0.2, 0) is 6.42 Å². The molecule has 1 atom stereocenters. The predicted molar refractivity (Wildman–Crippen MR) is 118 cm³/mol. The van der Waals surface area contributed by atoms with Gasteiger partial charge in [0.1, 0.15) is 0 Å². The number of nitrogens with zero attached hydrogens (tertiary/aromatic N) is 3. The zero-order valence-corrected chi connectivity index (χ0v) is 16.8. The van der Waals surface area contributed by atoms with E-state index in [1.165, 1.54) is 0 Å². The topological polar surface area (TPSA) is 74.5 Å². The van der Waals surface area contributed by atoms with E-state index >= 15 is 0 Å². The molecule has 2 aromatic carbocycles. The lowest BCUT2D eigenvalue weighted by Gasteiger charge is -2.15. The van der Waals surface area contributed by atoms with Crippen molar-refractivity contribution in [2.24, 2.45) is 4.99 Å². The standard InChI is InChI=1S/C23H29N5O/c1-2-24-23(26-16-21(18-29)20-9-5-3-6-10-20)25-14-13-19-15-27-28(17-19)22-11-7-4-8-12-22/h3-12,15,17,21,29H,2,13-14,16,18H2,1H3,(H2,24,25,26). The number of aliphatic hydroxyl groups excluding tert-OH is 1. The van der Waals surface area contributed by atoms with Gasteiger partial charge in [-0.25, -0.2) is 4.68 Å². The lowest BCUT2D eigenvalue weighted by Crippen LogP contribution is -2.38. The lowest BCUT2D eigenvalue weighted by molar-refractivity contribution is 0.268. The Morgan fingerprint density at radius 2 is 1.79 bits per heavy atom. The second-order valence-electron chi connectivity index (χ2n) is 6.82. The molecule has 0 aliphatic carbocycles. The quantitative estimate of drug-likeness (QED) is 0.387. The highest BCUT2D eigenvalue weighted by atomic mass is 16.3. The van der Waals surface area contributed by atoms with Crippen LogP contribution in [0.1, 0.15) is 24.0 Å². The van der Waals surface area contributed by atoms with Crippen molar-refractivity contribution in [3.63, 3.8) is 0 Å². The number of hydrogen-bond donors (Lipinski definition) is 3. The maximum atomic E-state index is 9.72. The molecule has 0 amide bonds. The molecule has 0 spiro atoms. The summed E-state index contributed by atoms with van der Waals surface area (Å²) in [6.45, 7) is 4.18. The fourth-order valence-corrected chi connectivity index (χ4v) is 3.07. The lowest BCUT2D eigenvalue weighted by atomic mass is 10.0. The summed E-state index contributed by atoms with van der Waals surface area (Å²) in [4.78, 5) is 4.66. The van der Waals surface area contributed by atoms with Crippen LogP contribution in [0.3, 0.4) is 0 Å². The molecule has 0 aliphatic heterocycles. The van der Waals surface area contributed by atoms with Crippen molar-refractivity contribution in [3.05, 3.63) is 84.2 Å². The third-order valence-electron chi connectivity index (χ3n) is 4.67. The Morgan fingerprint density at radius 3 is 2.48 bits per heavy atom. The molecule has 1 unspecified atom stereocenters. The second-order valence-corrected chi connectivity index (χ2v) is 6.82. The van der Waals surface area contributed by atoms with Gasteiger partial charge in [-0.15, -0.1) is 0 Å². The van der Waals surface area contributed by atoms with Gasteiger partial charge in [0.25, 0.3) is 0 Å². The van der Waals surface area contributed by atoms with E-state index < -0.39 is 0 Å². The number of rotatable bonds is 9. The number of para-hydroxylation sites is 1. The van der Waals surface area contributed by atoms with Gasteiger partial charge in [0.15, 0.2) is 5.96 Å². The zero-order valence-electron chi connectivity index (χ0n) is 16.8. The Labute approximate surface area is 172 Å². The van der Waals surface area contributed by atoms with E-state index in [-0.39, 0.29) is 12.5 Å². The number of nitrogens with one attached hydrogen (secondary N) is 2. The van der Waals surface area contributed by atoms with Crippen LogP contribution in [0.25, 0.3) is 5.69 Å². The van der Waals surface area contributed by atoms with Crippen LogP contribution < -0.4 is 10.6 Å². The molecule has 3 rings (SSSR count). The van der Waals surface area contributed by atoms with E-state index in [4.69, 9.17) is 0 Å². The van der Waals surface area contributed by atoms with Crippen molar-refractivity contribution in [3.8, 4) is 5.69 Å². The number of guanidine groups is 1. The molecular formula is C23H29N5O. The molecular weight excluding hydrogens is 362 g/mol. The van der Waals surface area contributed by atoms with E-state index in [9.17, 15) is 5.11 Å². The van der Waals surface area contributed by atoms with E-state index in [0.29, 0.717) is 6.54 Å². The highest BCUT2D eigenvalue weighted by molar-refractivity contribution is 5.79. The van der Waals surface area contributed by atoms with E-state index in [1.807, 2.05) is 78.5 Å². The molecule has 0 fully saturated rings. The number of hydrogen-bond acceptors (Lipinski definition) is 3. The highest BCUT2D eigenvalue weighted by Gasteiger charge is 2.10. The minimum atomic E-state index is -0.00393. The SMILES string of the molecule is CCNC(=NCC(CO)c1ccccc1)NCCc1cnn(-c2ccccc2)c1. The number of benzene rings is 2. The van der Waals surface area contributed by atoms with Gasteiger partial charge < -0.3 is 15.7 Å². The molecule has 0 bridgehead atoms. The summed E-state index contributed by atoms with van der Waals surface area (Å²) in [5, 5.41) is 20.8. The minimum absolute atomic E-state index is 0.00393. The Bertz CT molecular complexity index is 877. The second kappa shape index (κ2) is 11.0. The van der Waals surface area contributed by atoms with Crippen molar-refractivity contribution >= 4 is 5.96 Å². The van der Waals surface area contributed by atoms with Crippen molar-refractivity contribution in [2.75, 3.05) is 26.2 Å². The van der Waals surface area contributed by atoms with Crippen LogP contribution in [0, 0.1) is 0 Å². The summed E-state index contributed by atoms with van der Waals surface area (Å²) >= 11 is 0. The first-order valence-electron chi connectivity index (χ1n) is 10.1. The summed E-state index contributed by atoms with van der Waals surface area (Å²) in [7, 11) is 0. The molecule has 3 N–H and O–H groups in total. The van der Waals surface area contributed by atoms with Crippen LogP contribution in [0.5, 0.6) is 0 Å². The fourth-order valence-electron chi connectivity index (χ4n) is 3.07. The summed E-state index contributed by atoms with van der Waals surface area (Å²) in [6.07, 6.45) is 4.80. The van der Waals surface area contributed by atoms with Crippen LogP contribution in [0.2, 0.25) is 0 Å². The van der Waals surface area contributed by atoms with Crippen molar-refractivity contribution in [1.82, 2.24) is 20.4 Å². The third kappa shape index (κ3) is 6.19. The molecule has 1 heterocycles. The minimum Gasteiger partial charge on any atom is -0.396 e. The first kappa shape index (κ1) is 20.6. The summed E-state index contributed by atoms with van der Waals surface area (Å²) in [5.41, 5.74) is 3.32. The van der Waals surface area contributed by atoms with Gasteiger partial charge in [-0.2, -0.15) is 5.10 Å². The van der Waals surface area contributed by atoms with Gasteiger partial charge in [0, 0.05) is 25.2 Å². The average Bonchev–Trinajstić information content (AvgIpc) is 3.24. The predicted octanol–water partition coefficient (Wildman–Crippen LogP) is 2.75. The van der Waals surface area contributed by atoms with Crippen LogP contribution in [-0.4, -0.2) is 47.1 Å². The molecule has 6 nitrogen and oxygen atoms in total. The molecule has 29 heavy (non-hydrogen) atoms. The highest BCUT2D eigenvalue weighted by Crippen LogP contribution is 2.15. The van der Waals surface area contributed by atoms with Gasteiger partial charge in [0.2, 0.25) is 0 Å².